The monoisotopic (exact) mass is 253 g/mol. The minimum atomic E-state index is -0.0513. The maximum Gasteiger partial charge on any atom is 0.0754 e. The minimum Gasteiger partial charge on any atom is -0.370 e. The van der Waals surface area contributed by atoms with Crippen molar-refractivity contribution in [2.24, 2.45) is 16.7 Å². The van der Waals surface area contributed by atoms with Crippen LogP contribution in [-0.4, -0.2) is 24.8 Å². The van der Waals surface area contributed by atoms with E-state index in [9.17, 15) is 0 Å². The number of likely N-dealkylation sites (N-methyl/N-ethyl adjacent to an activating group) is 1. The smallest absolute Gasteiger partial charge is 0.0754 e. The summed E-state index contributed by atoms with van der Waals surface area (Å²) in [5.41, 5.74) is 0.775. The first-order chi connectivity index (χ1) is 8.23. The van der Waals surface area contributed by atoms with E-state index in [4.69, 9.17) is 4.74 Å². The van der Waals surface area contributed by atoms with Gasteiger partial charge in [0.15, 0.2) is 0 Å². The van der Waals surface area contributed by atoms with Gasteiger partial charge in [0.2, 0.25) is 0 Å². The Morgan fingerprint density at radius 2 is 1.94 bits per heavy atom. The lowest BCUT2D eigenvalue weighted by atomic mass is 9.70. The van der Waals surface area contributed by atoms with Crippen LogP contribution in [0.1, 0.15) is 60.8 Å². The summed E-state index contributed by atoms with van der Waals surface area (Å²) in [5, 5.41) is 3.41. The molecular weight excluding hydrogens is 222 g/mol. The fourth-order valence-corrected chi connectivity index (χ4v) is 4.16. The quantitative estimate of drug-likeness (QED) is 0.808. The summed E-state index contributed by atoms with van der Waals surface area (Å²) in [6, 6.07) is 0. The molecule has 0 heterocycles. The van der Waals surface area contributed by atoms with Crippen molar-refractivity contribution in [2.75, 3.05) is 13.1 Å². The van der Waals surface area contributed by atoms with Gasteiger partial charge in [0.25, 0.3) is 0 Å². The second-order valence-electron chi connectivity index (χ2n) is 7.76. The predicted octanol–water partition coefficient (Wildman–Crippen LogP) is 3.61. The van der Waals surface area contributed by atoms with Gasteiger partial charge in [0.05, 0.1) is 11.7 Å². The highest BCUT2D eigenvalue weighted by Gasteiger charge is 2.62. The lowest BCUT2D eigenvalue weighted by molar-refractivity contribution is -0.126. The fourth-order valence-electron chi connectivity index (χ4n) is 4.16. The molecule has 2 aliphatic carbocycles. The molecule has 2 aliphatic rings. The van der Waals surface area contributed by atoms with E-state index in [1.807, 2.05) is 0 Å². The summed E-state index contributed by atoms with van der Waals surface area (Å²) in [5.74, 6) is 0.863. The molecule has 2 rings (SSSR count). The van der Waals surface area contributed by atoms with Gasteiger partial charge < -0.3 is 10.1 Å². The van der Waals surface area contributed by atoms with Crippen LogP contribution in [0.2, 0.25) is 0 Å². The van der Waals surface area contributed by atoms with Gasteiger partial charge in [-0.25, -0.2) is 0 Å². The van der Waals surface area contributed by atoms with Gasteiger partial charge in [-0.1, -0.05) is 27.7 Å². The highest BCUT2D eigenvalue weighted by atomic mass is 16.5. The molecule has 2 heteroatoms. The van der Waals surface area contributed by atoms with Gasteiger partial charge in [-0.3, -0.25) is 0 Å². The summed E-state index contributed by atoms with van der Waals surface area (Å²) >= 11 is 0. The average Bonchev–Trinajstić information content (AvgIpc) is 2.59. The van der Waals surface area contributed by atoms with E-state index in [1.165, 1.54) is 19.3 Å². The van der Waals surface area contributed by atoms with E-state index in [0.29, 0.717) is 16.9 Å². The molecule has 1 N–H and O–H groups in total. The summed E-state index contributed by atoms with van der Waals surface area (Å²) in [7, 11) is 0. The molecule has 0 aromatic heterocycles. The Morgan fingerprint density at radius 3 is 2.39 bits per heavy atom. The standard InChI is InChI=1S/C16H31NO/c1-7-17-11-14(2,3)18-13-10-12-8-9-16(13,6)15(12,4)5/h12-13,17H,7-11H2,1-6H3. The zero-order valence-corrected chi connectivity index (χ0v) is 13.1. The lowest BCUT2D eigenvalue weighted by Crippen LogP contribution is -2.46. The lowest BCUT2D eigenvalue weighted by Gasteiger charge is -2.42. The van der Waals surface area contributed by atoms with Crippen LogP contribution in [0.5, 0.6) is 0 Å². The van der Waals surface area contributed by atoms with Crippen molar-refractivity contribution in [3.63, 3.8) is 0 Å². The van der Waals surface area contributed by atoms with Crippen LogP contribution in [0.4, 0.5) is 0 Å². The SMILES string of the molecule is CCNCC(C)(C)OC1CC2CCC1(C)C2(C)C. The average molecular weight is 253 g/mol. The molecule has 0 radical (unpaired) electrons. The maximum absolute atomic E-state index is 6.51. The zero-order chi connectivity index (χ0) is 13.6. The first-order valence-electron chi connectivity index (χ1n) is 7.61. The van der Waals surface area contributed by atoms with Gasteiger partial charge in [-0.05, 0) is 56.4 Å². The van der Waals surface area contributed by atoms with Crippen LogP contribution in [0.15, 0.2) is 0 Å². The van der Waals surface area contributed by atoms with Gasteiger partial charge in [0.1, 0.15) is 0 Å². The fraction of sp³-hybridized carbons (Fsp3) is 1.00. The van der Waals surface area contributed by atoms with Gasteiger partial charge in [-0.2, -0.15) is 0 Å². The Bertz CT molecular complexity index is 310. The highest BCUT2D eigenvalue weighted by molar-refractivity contribution is 5.11. The largest absolute Gasteiger partial charge is 0.370 e. The van der Waals surface area contributed by atoms with Crippen LogP contribution >= 0.6 is 0 Å². The molecule has 106 valence electrons. The molecule has 3 atom stereocenters. The third kappa shape index (κ3) is 2.12. The van der Waals surface area contributed by atoms with Crippen molar-refractivity contribution in [3.05, 3.63) is 0 Å². The Balaban J connectivity index is 2.04. The Morgan fingerprint density at radius 1 is 1.28 bits per heavy atom. The van der Waals surface area contributed by atoms with Gasteiger partial charge >= 0.3 is 0 Å². The van der Waals surface area contributed by atoms with Crippen molar-refractivity contribution in [1.82, 2.24) is 5.32 Å². The number of fused-ring (bicyclic) bond motifs is 2. The van der Waals surface area contributed by atoms with E-state index >= 15 is 0 Å². The van der Waals surface area contributed by atoms with E-state index in [-0.39, 0.29) is 5.60 Å². The molecule has 18 heavy (non-hydrogen) atoms. The Labute approximate surface area is 113 Å². The highest BCUT2D eigenvalue weighted by Crippen LogP contribution is 2.66. The summed E-state index contributed by atoms with van der Waals surface area (Å²) in [6.07, 6.45) is 4.45. The van der Waals surface area contributed by atoms with Crippen LogP contribution in [0.25, 0.3) is 0 Å². The third-order valence-corrected chi connectivity index (χ3v) is 5.98. The Kier molecular flexibility index (Phi) is 3.57. The van der Waals surface area contributed by atoms with E-state index in [1.54, 1.807) is 0 Å². The van der Waals surface area contributed by atoms with Crippen molar-refractivity contribution in [3.8, 4) is 0 Å². The second kappa shape index (κ2) is 4.49. The number of rotatable bonds is 5. The van der Waals surface area contributed by atoms with Crippen LogP contribution in [-0.2, 0) is 4.74 Å². The molecule has 0 amide bonds. The summed E-state index contributed by atoms with van der Waals surface area (Å²) < 4.78 is 6.51. The molecule has 0 aromatic carbocycles. The van der Waals surface area contributed by atoms with E-state index in [0.717, 1.165) is 19.0 Å². The normalized spacial score (nSPS) is 38.3. The van der Waals surface area contributed by atoms with Crippen LogP contribution in [0, 0.1) is 16.7 Å². The molecule has 2 saturated carbocycles. The summed E-state index contributed by atoms with van der Waals surface area (Å²) in [4.78, 5) is 0. The van der Waals surface area contributed by atoms with Crippen molar-refractivity contribution in [1.29, 1.82) is 0 Å². The Hall–Kier alpha value is -0.0800. The number of ether oxygens (including phenoxy) is 1. The number of nitrogens with one attached hydrogen (secondary N) is 1. The molecule has 2 nitrogen and oxygen atoms in total. The van der Waals surface area contributed by atoms with Crippen LogP contribution in [0.3, 0.4) is 0 Å². The number of hydrogen-bond donors (Lipinski definition) is 1. The van der Waals surface area contributed by atoms with E-state index in [2.05, 4.69) is 46.9 Å². The van der Waals surface area contributed by atoms with Gasteiger partial charge in [-0.15, -0.1) is 0 Å². The third-order valence-electron chi connectivity index (χ3n) is 5.98. The molecular formula is C16H31NO. The van der Waals surface area contributed by atoms with Crippen LogP contribution < -0.4 is 5.32 Å². The zero-order valence-electron chi connectivity index (χ0n) is 13.1. The first-order valence-corrected chi connectivity index (χ1v) is 7.61. The van der Waals surface area contributed by atoms with Crippen molar-refractivity contribution >= 4 is 0 Å². The molecule has 2 bridgehead atoms. The maximum atomic E-state index is 6.51. The van der Waals surface area contributed by atoms with Crippen molar-refractivity contribution in [2.45, 2.75) is 72.5 Å². The second-order valence-corrected chi connectivity index (χ2v) is 7.76. The number of hydrogen-bond acceptors (Lipinski definition) is 2. The molecule has 0 spiro atoms. The minimum absolute atomic E-state index is 0.0513. The van der Waals surface area contributed by atoms with Gasteiger partial charge in [0, 0.05) is 6.54 Å². The van der Waals surface area contributed by atoms with E-state index < -0.39 is 0 Å². The summed E-state index contributed by atoms with van der Waals surface area (Å²) in [6.45, 7) is 15.9. The van der Waals surface area contributed by atoms with Crippen molar-refractivity contribution < 1.29 is 4.74 Å². The molecule has 0 saturated heterocycles. The molecule has 2 fully saturated rings. The topological polar surface area (TPSA) is 21.3 Å². The molecule has 3 unspecified atom stereocenters. The molecule has 0 aliphatic heterocycles. The first kappa shape index (κ1) is 14.3. The molecule has 0 aromatic rings. The predicted molar refractivity (Wildman–Crippen MR) is 76.7 cm³/mol.